The number of nitrogens with one attached hydrogen (secondary N) is 1. The third kappa shape index (κ3) is 4.24. The van der Waals surface area contributed by atoms with Crippen LogP contribution in [0.25, 0.3) is 0 Å². The lowest BCUT2D eigenvalue weighted by atomic mass is 9.96. The van der Waals surface area contributed by atoms with Crippen molar-refractivity contribution in [2.75, 3.05) is 33.3 Å². The maximum atomic E-state index is 12.8. The van der Waals surface area contributed by atoms with Crippen LogP contribution in [0.15, 0.2) is 59.5 Å². The van der Waals surface area contributed by atoms with E-state index in [-0.39, 0.29) is 6.04 Å². The molecular weight excluding hydrogens is 410 g/mol. The van der Waals surface area contributed by atoms with Crippen LogP contribution in [0.5, 0.6) is 5.75 Å². The van der Waals surface area contributed by atoms with Crippen LogP contribution < -0.4 is 10.1 Å². The van der Waals surface area contributed by atoms with E-state index < -0.39 is 10.0 Å². The van der Waals surface area contributed by atoms with E-state index in [2.05, 4.69) is 40.5 Å². The first-order chi connectivity index (χ1) is 15.0. The molecule has 0 unspecified atom stereocenters. The molecule has 3 aliphatic rings. The molecule has 3 atom stereocenters. The van der Waals surface area contributed by atoms with Gasteiger partial charge in [-0.25, -0.2) is 8.42 Å². The van der Waals surface area contributed by atoms with Crippen molar-refractivity contribution in [1.82, 2.24) is 14.5 Å². The fraction of sp³-hybridized carbons (Fsp3) is 0.500. The summed E-state index contributed by atoms with van der Waals surface area (Å²) in [6.45, 7) is 4.45. The molecule has 1 aliphatic carbocycles. The number of sulfonamides is 1. The predicted octanol–water partition coefficient (Wildman–Crippen LogP) is 2.57. The summed E-state index contributed by atoms with van der Waals surface area (Å²) in [5, 5.41) is 3.79. The molecule has 7 heteroatoms. The van der Waals surface area contributed by atoms with Gasteiger partial charge < -0.3 is 10.1 Å². The number of fused-ring (bicyclic) bond motifs is 1. The highest BCUT2D eigenvalue weighted by molar-refractivity contribution is 7.89. The molecule has 3 fully saturated rings. The van der Waals surface area contributed by atoms with Gasteiger partial charge in [-0.15, -0.1) is 0 Å². The molecule has 0 aromatic heterocycles. The summed E-state index contributed by atoms with van der Waals surface area (Å²) in [5.74, 6) is 2.10. The highest BCUT2D eigenvalue weighted by Gasteiger charge is 2.45. The Morgan fingerprint density at radius 1 is 0.968 bits per heavy atom. The first-order valence-electron chi connectivity index (χ1n) is 11.2. The first-order valence-corrected chi connectivity index (χ1v) is 12.6. The van der Waals surface area contributed by atoms with E-state index in [1.54, 1.807) is 35.7 Å². The summed E-state index contributed by atoms with van der Waals surface area (Å²) in [5.41, 5.74) is 1.38. The van der Waals surface area contributed by atoms with E-state index in [9.17, 15) is 8.42 Å². The van der Waals surface area contributed by atoms with Crippen molar-refractivity contribution in [3.05, 3.63) is 60.2 Å². The van der Waals surface area contributed by atoms with Gasteiger partial charge in [0.1, 0.15) is 5.75 Å². The van der Waals surface area contributed by atoms with Gasteiger partial charge in [0.2, 0.25) is 10.0 Å². The molecule has 2 aliphatic heterocycles. The number of likely N-dealkylation sites (tertiary alicyclic amines) is 1. The molecule has 2 saturated heterocycles. The van der Waals surface area contributed by atoms with Crippen molar-refractivity contribution < 1.29 is 13.2 Å². The average Bonchev–Trinajstić information content (AvgIpc) is 3.31. The molecule has 2 heterocycles. The fourth-order valence-corrected chi connectivity index (χ4v) is 7.01. The number of ether oxygens (including phenoxy) is 1. The number of benzene rings is 2. The minimum absolute atomic E-state index is 0.250. The molecule has 1 N–H and O–H groups in total. The Kier molecular flexibility index (Phi) is 5.77. The second-order valence-electron chi connectivity index (χ2n) is 9.15. The van der Waals surface area contributed by atoms with Crippen molar-refractivity contribution in [1.29, 1.82) is 0 Å². The van der Waals surface area contributed by atoms with Gasteiger partial charge >= 0.3 is 0 Å². The van der Waals surface area contributed by atoms with Gasteiger partial charge in [-0.2, -0.15) is 4.31 Å². The smallest absolute Gasteiger partial charge is 0.243 e. The van der Waals surface area contributed by atoms with Gasteiger partial charge in [-0.1, -0.05) is 30.3 Å². The summed E-state index contributed by atoms with van der Waals surface area (Å²) < 4.78 is 32.4. The summed E-state index contributed by atoms with van der Waals surface area (Å²) in [6.07, 6.45) is 2.48. The summed E-state index contributed by atoms with van der Waals surface area (Å²) >= 11 is 0. The van der Waals surface area contributed by atoms with Crippen LogP contribution in [0, 0.1) is 11.8 Å². The van der Waals surface area contributed by atoms with Crippen molar-refractivity contribution in [3.63, 3.8) is 0 Å². The van der Waals surface area contributed by atoms with Gasteiger partial charge in [-0.05, 0) is 54.5 Å². The number of hydrogen-bond donors (Lipinski definition) is 1. The Morgan fingerprint density at radius 3 is 2.42 bits per heavy atom. The summed E-state index contributed by atoms with van der Waals surface area (Å²) in [7, 11) is -1.85. The predicted molar refractivity (Wildman–Crippen MR) is 120 cm³/mol. The highest BCUT2D eigenvalue weighted by atomic mass is 32.2. The number of methoxy groups -OCH3 is 1. The minimum Gasteiger partial charge on any atom is -0.497 e. The first kappa shape index (κ1) is 20.9. The standard InChI is InChI=1S/C24H31N3O3S/c1-30-21-8-10-22(11-9-21)31(28,29)27-15-20(16-27)25-24-12-7-19-14-26(17-23(19)24)13-18-5-3-2-4-6-18/h2-6,8-11,19-20,23-25H,7,12-17H2,1H3/t19-,23+,24+/m0/s1. The quantitative estimate of drug-likeness (QED) is 0.716. The molecular formula is C24H31N3O3S. The normalized spacial score (nSPS) is 27.2. The molecule has 5 rings (SSSR count). The zero-order valence-corrected chi connectivity index (χ0v) is 18.8. The third-order valence-corrected chi connectivity index (χ3v) is 9.02. The molecule has 31 heavy (non-hydrogen) atoms. The lowest BCUT2D eigenvalue weighted by Crippen LogP contribution is -2.62. The topological polar surface area (TPSA) is 61.9 Å². The van der Waals surface area contributed by atoms with Crippen molar-refractivity contribution in [3.8, 4) is 5.75 Å². The monoisotopic (exact) mass is 441 g/mol. The average molecular weight is 442 g/mol. The number of hydrogen-bond acceptors (Lipinski definition) is 5. The van der Waals surface area contributed by atoms with Crippen molar-refractivity contribution in [2.24, 2.45) is 11.8 Å². The Hall–Kier alpha value is -1.93. The lowest BCUT2D eigenvalue weighted by Gasteiger charge is -2.41. The van der Waals surface area contributed by atoms with Crippen LogP contribution in [-0.2, 0) is 16.6 Å². The molecule has 0 spiro atoms. The van der Waals surface area contributed by atoms with E-state index in [1.807, 2.05) is 0 Å². The van der Waals surface area contributed by atoms with E-state index in [4.69, 9.17) is 4.74 Å². The van der Waals surface area contributed by atoms with Crippen LogP contribution >= 0.6 is 0 Å². The van der Waals surface area contributed by atoms with Gasteiger partial charge in [0.05, 0.1) is 12.0 Å². The molecule has 0 amide bonds. The fourth-order valence-electron chi connectivity index (χ4n) is 5.47. The van der Waals surface area contributed by atoms with E-state index in [1.165, 1.54) is 24.9 Å². The van der Waals surface area contributed by atoms with Crippen molar-refractivity contribution >= 4 is 10.0 Å². The minimum atomic E-state index is -3.43. The molecule has 2 aromatic carbocycles. The van der Waals surface area contributed by atoms with Crippen LogP contribution in [0.4, 0.5) is 0 Å². The molecule has 0 radical (unpaired) electrons. The van der Waals surface area contributed by atoms with Crippen LogP contribution in [0.2, 0.25) is 0 Å². The maximum absolute atomic E-state index is 12.8. The second kappa shape index (κ2) is 8.54. The molecule has 1 saturated carbocycles. The Morgan fingerprint density at radius 2 is 1.71 bits per heavy atom. The number of rotatable bonds is 7. The Bertz CT molecular complexity index is 990. The number of nitrogens with zero attached hydrogens (tertiary/aromatic N) is 2. The highest BCUT2D eigenvalue weighted by Crippen LogP contribution is 2.39. The van der Waals surface area contributed by atoms with Crippen LogP contribution in [0.3, 0.4) is 0 Å². The molecule has 2 aromatic rings. The molecule has 0 bridgehead atoms. The van der Waals surface area contributed by atoms with Crippen molar-refractivity contribution in [2.45, 2.75) is 36.4 Å². The zero-order chi connectivity index (χ0) is 21.4. The second-order valence-corrected chi connectivity index (χ2v) is 11.1. The van der Waals surface area contributed by atoms with E-state index in [0.29, 0.717) is 35.7 Å². The molecule has 6 nitrogen and oxygen atoms in total. The SMILES string of the molecule is COc1ccc(S(=O)(=O)N2CC(N[C@@H]3CC[C@H]4CN(Cc5ccccc5)C[C@H]43)C2)cc1. The third-order valence-electron chi connectivity index (χ3n) is 7.18. The largest absolute Gasteiger partial charge is 0.497 e. The van der Waals surface area contributed by atoms with Gasteiger partial charge in [0, 0.05) is 44.8 Å². The zero-order valence-electron chi connectivity index (χ0n) is 18.0. The van der Waals surface area contributed by atoms with Gasteiger partial charge in [-0.3, -0.25) is 4.90 Å². The maximum Gasteiger partial charge on any atom is 0.243 e. The lowest BCUT2D eigenvalue weighted by molar-refractivity contribution is 0.193. The molecule has 166 valence electrons. The summed E-state index contributed by atoms with van der Waals surface area (Å²) in [6, 6.07) is 18.1. The van der Waals surface area contributed by atoms with Crippen LogP contribution in [0.1, 0.15) is 18.4 Å². The van der Waals surface area contributed by atoms with E-state index >= 15 is 0 Å². The summed E-state index contributed by atoms with van der Waals surface area (Å²) in [4.78, 5) is 2.92. The Labute approximate surface area is 185 Å². The van der Waals surface area contributed by atoms with Gasteiger partial charge in [0.25, 0.3) is 0 Å². The van der Waals surface area contributed by atoms with Gasteiger partial charge in [0.15, 0.2) is 0 Å². The Balaban J connectivity index is 1.13. The van der Waals surface area contributed by atoms with E-state index in [0.717, 1.165) is 19.0 Å². The van der Waals surface area contributed by atoms with Crippen LogP contribution in [-0.4, -0.2) is 63.0 Å².